The fourth-order valence-corrected chi connectivity index (χ4v) is 5.42. The number of nitrogens with zero attached hydrogens (tertiary/aromatic N) is 2. The van der Waals surface area contributed by atoms with Gasteiger partial charge in [-0.25, -0.2) is 9.59 Å². The molecule has 1 aliphatic rings. The molecule has 10 nitrogen and oxygen atoms in total. The highest BCUT2D eigenvalue weighted by Gasteiger charge is 2.35. The molecule has 1 unspecified atom stereocenters. The van der Waals surface area contributed by atoms with Crippen molar-refractivity contribution in [3.8, 4) is 11.5 Å². The Morgan fingerprint density at radius 1 is 1.23 bits per heavy atom. The zero-order chi connectivity index (χ0) is 28.6. The second-order valence-corrected chi connectivity index (χ2v) is 10.6. The van der Waals surface area contributed by atoms with Crippen LogP contribution in [-0.4, -0.2) is 53.9 Å². The molecule has 210 valence electrons. The largest absolute Gasteiger partial charge is 0.496 e. The van der Waals surface area contributed by atoms with E-state index in [1.165, 1.54) is 13.2 Å². The third-order valence-corrected chi connectivity index (χ3v) is 7.74. The molecule has 12 heteroatoms. The minimum atomic E-state index is -1.04. The van der Waals surface area contributed by atoms with Gasteiger partial charge in [-0.1, -0.05) is 41.9 Å². The predicted octanol–water partition coefficient (Wildman–Crippen LogP) is 4.95. The molecule has 2 atom stereocenters. The number of imide groups is 1. The summed E-state index contributed by atoms with van der Waals surface area (Å²) in [4.78, 5) is 46.2. The highest BCUT2D eigenvalue weighted by molar-refractivity contribution is 7.14. The summed E-state index contributed by atoms with van der Waals surface area (Å²) in [7, 11) is 1.54. The summed E-state index contributed by atoms with van der Waals surface area (Å²) in [5.74, 6) is -0.722. The fourth-order valence-electron chi connectivity index (χ4n) is 4.24. The van der Waals surface area contributed by atoms with Gasteiger partial charge in [0.15, 0.2) is 11.6 Å². The van der Waals surface area contributed by atoms with Gasteiger partial charge in [-0.15, -0.1) is 11.3 Å². The van der Waals surface area contributed by atoms with Crippen molar-refractivity contribution in [2.45, 2.75) is 25.8 Å². The number of hydrogen-bond donors (Lipinski definition) is 3. The Bertz CT molecular complexity index is 1400. The van der Waals surface area contributed by atoms with Crippen LogP contribution in [0.15, 0.2) is 65.8 Å². The molecule has 1 fully saturated rings. The lowest BCUT2D eigenvalue weighted by Gasteiger charge is -2.25. The lowest BCUT2D eigenvalue weighted by Crippen LogP contribution is -2.48. The monoisotopic (exact) mass is 584 g/mol. The van der Waals surface area contributed by atoms with Crippen LogP contribution in [0.2, 0.25) is 5.02 Å². The van der Waals surface area contributed by atoms with Crippen LogP contribution in [0.25, 0.3) is 0 Å². The molecule has 0 spiro atoms. The third-order valence-electron chi connectivity index (χ3n) is 6.32. The number of halogens is 1. The quantitative estimate of drug-likeness (QED) is 0.303. The van der Waals surface area contributed by atoms with E-state index in [1.54, 1.807) is 48.5 Å². The number of thiophene rings is 1. The molecule has 3 aromatic rings. The van der Waals surface area contributed by atoms with Crippen molar-refractivity contribution < 1.29 is 29.1 Å². The first-order chi connectivity index (χ1) is 19.3. The first kappa shape index (κ1) is 28.9. The number of urea groups is 1. The van der Waals surface area contributed by atoms with E-state index in [1.807, 2.05) is 13.0 Å². The molecule has 3 amide bonds. The van der Waals surface area contributed by atoms with Crippen LogP contribution >= 0.6 is 22.9 Å². The SMILES string of the molecule is CCC(NC(=O)N1C/C(=N/Oc2ccccc2)NC[C@@H](Cc2cc(Cl)ccc2OC)C1=O)c1ccc(C(=O)O)s1. The van der Waals surface area contributed by atoms with Crippen molar-refractivity contribution in [3.05, 3.63) is 81.0 Å². The van der Waals surface area contributed by atoms with E-state index in [0.717, 1.165) is 21.8 Å². The standard InChI is InChI=1S/C28H29ClN4O6S/c1-3-21(23-11-12-24(40-23)27(35)36)31-28(37)33-16-25(32-39-20-7-5-4-6-8-20)30-15-18(26(33)34)13-17-14-19(29)9-10-22(17)38-2/h4-12,14,18,21H,3,13,15-16H2,1-2H3,(H,30,32)(H,31,37)(H,35,36)/t18-,21?/m1/s1. The van der Waals surface area contributed by atoms with Gasteiger partial charge in [-0.3, -0.25) is 9.69 Å². The van der Waals surface area contributed by atoms with Crippen LogP contribution in [-0.2, 0) is 11.2 Å². The molecule has 1 saturated heterocycles. The molecule has 2 heterocycles. The maximum Gasteiger partial charge on any atom is 0.345 e. The van der Waals surface area contributed by atoms with Crippen molar-refractivity contribution in [1.29, 1.82) is 0 Å². The molecular formula is C28H29ClN4O6S. The summed E-state index contributed by atoms with van der Waals surface area (Å²) >= 11 is 7.29. The highest BCUT2D eigenvalue weighted by Crippen LogP contribution is 2.28. The molecule has 40 heavy (non-hydrogen) atoms. The topological polar surface area (TPSA) is 130 Å². The van der Waals surface area contributed by atoms with E-state index < -0.39 is 29.9 Å². The number of para-hydroxylation sites is 1. The third kappa shape index (κ3) is 7.10. The van der Waals surface area contributed by atoms with Crippen LogP contribution in [0.1, 0.15) is 39.5 Å². The van der Waals surface area contributed by atoms with Crippen molar-refractivity contribution in [1.82, 2.24) is 15.5 Å². The molecule has 0 saturated carbocycles. The Hall–Kier alpha value is -4.09. The van der Waals surface area contributed by atoms with Gasteiger partial charge < -0.3 is 25.3 Å². The van der Waals surface area contributed by atoms with E-state index in [2.05, 4.69) is 15.8 Å². The smallest absolute Gasteiger partial charge is 0.345 e. The Labute approximate surface area is 240 Å². The number of hydrogen-bond acceptors (Lipinski definition) is 7. The summed E-state index contributed by atoms with van der Waals surface area (Å²) in [6, 6.07) is 16.2. The number of carbonyl (C=O) groups is 3. The number of rotatable bonds is 9. The lowest BCUT2D eigenvalue weighted by atomic mass is 9.97. The number of benzene rings is 2. The summed E-state index contributed by atoms with van der Waals surface area (Å²) in [5.41, 5.74) is 0.725. The molecule has 0 aliphatic carbocycles. The van der Waals surface area contributed by atoms with Crippen LogP contribution in [0.5, 0.6) is 11.5 Å². The number of ether oxygens (including phenoxy) is 1. The number of nitrogens with one attached hydrogen (secondary N) is 2. The number of oxime groups is 1. The summed E-state index contributed by atoms with van der Waals surface area (Å²) in [6.07, 6.45) is 0.753. The molecule has 2 aromatic carbocycles. The van der Waals surface area contributed by atoms with Gasteiger partial charge >= 0.3 is 12.0 Å². The Balaban J connectivity index is 1.60. The molecule has 4 rings (SSSR count). The summed E-state index contributed by atoms with van der Waals surface area (Å²) < 4.78 is 5.46. The van der Waals surface area contributed by atoms with Gasteiger partial charge in [0.2, 0.25) is 5.91 Å². The number of carboxylic acid groups (broad SMARTS) is 1. The Kier molecular flexibility index (Phi) is 9.62. The minimum Gasteiger partial charge on any atom is -0.496 e. The van der Waals surface area contributed by atoms with E-state index in [4.69, 9.17) is 21.2 Å². The number of aromatic carboxylic acids is 1. The molecular weight excluding hydrogens is 556 g/mol. The van der Waals surface area contributed by atoms with Crippen LogP contribution < -0.4 is 20.2 Å². The summed E-state index contributed by atoms with van der Waals surface area (Å²) in [5, 5.41) is 20.0. The first-order valence-electron chi connectivity index (χ1n) is 12.6. The molecule has 1 aromatic heterocycles. The van der Waals surface area contributed by atoms with Gasteiger partial charge in [-0.05, 0) is 60.9 Å². The number of amidine groups is 1. The number of amides is 3. The summed E-state index contributed by atoms with van der Waals surface area (Å²) in [6.45, 7) is 1.91. The minimum absolute atomic E-state index is 0.151. The normalized spacial score (nSPS) is 17.1. The molecule has 0 bridgehead atoms. The average Bonchev–Trinajstić information content (AvgIpc) is 3.40. The zero-order valence-corrected chi connectivity index (χ0v) is 23.5. The van der Waals surface area contributed by atoms with Gasteiger partial charge in [0.25, 0.3) is 0 Å². The molecule has 3 N–H and O–H groups in total. The Morgan fingerprint density at radius 3 is 2.67 bits per heavy atom. The Morgan fingerprint density at radius 2 is 2.00 bits per heavy atom. The van der Waals surface area contributed by atoms with Crippen LogP contribution in [0.3, 0.4) is 0 Å². The van der Waals surface area contributed by atoms with E-state index >= 15 is 0 Å². The van der Waals surface area contributed by atoms with E-state index in [-0.39, 0.29) is 24.4 Å². The maximum atomic E-state index is 13.8. The maximum absolute atomic E-state index is 13.8. The second-order valence-electron chi connectivity index (χ2n) is 9.02. The fraction of sp³-hybridized carbons (Fsp3) is 0.286. The highest BCUT2D eigenvalue weighted by atomic mass is 35.5. The molecule has 0 radical (unpaired) electrons. The zero-order valence-electron chi connectivity index (χ0n) is 21.9. The van der Waals surface area contributed by atoms with Crippen molar-refractivity contribution in [3.63, 3.8) is 0 Å². The number of carbonyl (C=O) groups excluding carboxylic acids is 2. The van der Waals surface area contributed by atoms with Gasteiger partial charge in [0, 0.05) is 16.4 Å². The predicted molar refractivity (Wildman–Crippen MR) is 152 cm³/mol. The van der Waals surface area contributed by atoms with Crippen LogP contribution in [0.4, 0.5) is 4.79 Å². The van der Waals surface area contributed by atoms with Crippen molar-refractivity contribution in [2.24, 2.45) is 11.1 Å². The van der Waals surface area contributed by atoms with Crippen molar-refractivity contribution in [2.75, 3.05) is 20.2 Å². The number of methoxy groups -OCH3 is 1. The van der Waals surface area contributed by atoms with Gasteiger partial charge in [0.05, 0.1) is 25.6 Å². The van der Waals surface area contributed by atoms with Gasteiger partial charge in [-0.2, -0.15) is 0 Å². The van der Waals surface area contributed by atoms with Crippen molar-refractivity contribution >= 4 is 46.7 Å². The van der Waals surface area contributed by atoms with E-state index in [0.29, 0.717) is 33.7 Å². The van der Waals surface area contributed by atoms with Gasteiger partial charge in [0.1, 0.15) is 10.6 Å². The second kappa shape index (κ2) is 13.3. The van der Waals surface area contributed by atoms with E-state index in [9.17, 15) is 19.5 Å². The molecule has 1 aliphatic heterocycles. The lowest BCUT2D eigenvalue weighted by molar-refractivity contribution is -0.131. The first-order valence-corrected chi connectivity index (χ1v) is 13.8. The average molecular weight is 585 g/mol. The van der Waals surface area contributed by atoms with Crippen LogP contribution in [0, 0.1) is 5.92 Å². The number of carboxylic acids is 1.